The van der Waals surface area contributed by atoms with Crippen LogP contribution in [-0.2, 0) is 10.8 Å². The fraction of sp³-hybridized carbons (Fsp3) is 0.0714. The highest BCUT2D eigenvalue weighted by atomic mass is 15.0. The molecule has 0 N–H and O–H groups in total. The van der Waals surface area contributed by atoms with E-state index in [-0.39, 0.29) is 10.8 Å². The van der Waals surface area contributed by atoms with Gasteiger partial charge in [0.2, 0.25) is 0 Å². The fourth-order valence-electron chi connectivity index (χ4n) is 14.7. The molecule has 86 heavy (non-hydrogen) atoms. The molecule has 0 atom stereocenters. The molecule has 0 saturated carbocycles. The second kappa shape index (κ2) is 19.0. The van der Waals surface area contributed by atoms with Gasteiger partial charge in [-0.25, -0.2) is 0 Å². The summed E-state index contributed by atoms with van der Waals surface area (Å²) in [6.07, 6.45) is 4.43. The molecule has 0 fully saturated rings. The average Bonchev–Trinajstić information content (AvgIpc) is 1.76. The van der Waals surface area contributed by atoms with E-state index in [1.807, 2.05) is 0 Å². The van der Waals surface area contributed by atoms with Crippen LogP contribution in [0.1, 0.15) is 61.1 Å². The van der Waals surface area contributed by atoms with Crippen molar-refractivity contribution in [3.8, 4) is 78.1 Å². The molecule has 13 aromatic carbocycles. The molecule has 0 amide bonds. The van der Waals surface area contributed by atoms with Crippen LogP contribution in [0.25, 0.3) is 145 Å². The zero-order chi connectivity index (χ0) is 57.4. The number of rotatable bonds is 8. The van der Waals surface area contributed by atoms with E-state index in [1.54, 1.807) is 0 Å². The van der Waals surface area contributed by atoms with Crippen LogP contribution in [0.15, 0.2) is 279 Å². The van der Waals surface area contributed by atoms with Crippen LogP contribution in [0.4, 0.5) is 0 Å². The average molecular weight is 1100 g/mol. The third-order valence-electron chi connectivity index (χ3n) is 19.3. The van der Waals surface area contributed by atoms with Gasteiger partial charge in [0, 0.05) is 43.7 Å². The van der Waals surface area contributed by atoms with Gasteiger partial charge in [-0.1, -0.05) is 234 Å². The maximum atomic E-state index is 2.47. The predicted molar refractivity (Wildman–Crippen MR) is 365 cm³/mol. The summed E-state index contributed by atoms with van der Waals surface area (Å²) in [4.78, 5) is 0. The summed E-state index contributed by atoms with van der Waals surface area (Å²) >= 11 is 0. The number of nitrogens with zero attached hydrogens (tertiary/aromatic N) is 2. The highest BCUT2D eigenvalue weighted by molar-refractivity contribution is 6.12. The molecule has 0 unspecified atom stereocenters. The Labute approximate surface area is 501 Å². The minimum Gasteiger partial charge on any atom is -0.309 e. The van der Waals surface area contributed by atoms with Crippen LogP contribution in [0.5, 0.6) is 0 Å². The van der Waals surface area contributed by atoms with Crippen molar-refractivity contribution in [2.45, 2.75) is 38.5 Å². The Morgan fingerprint density at radius 3 is 1.07 bits per heavy atom. The molecule has 2 heteroatoms. The predicted octanol–water partition coefficient (Wildman–Crippen LogP) is 22.5. The molecule has 2 heterocycles. The second-order valence-electron chi connectivity index (χ2n) is 24.9. The minimum absolute atomic E-state index is 0.165. The Morgan fingerprint density at radius 1 is 0.244 bits per heavy atom. The van der Waals surface area contributed by atoms with Crippen LogP contribution in [0.2, 0.25) is 0 Å². The lowest BCUT2D eigenvalue weighted by Gasteiger charge is -2.24. The van der Waals surface area contributed by atoms with E-state index in [1.165, 1.54) is 166 Å². The van der Waals surface area contributed by atoms with Gasteiger partial charge in [-0.3, -0.25) is 0 Å². The molecule has 0 saturated heterocycles. The largest absolute Gasteiger partial charge is 0.309 e. The summed E-state index contributed by atoms with van der Waals surface area (Å²) in [5.41, 5.74) is 30.0. The Kier molecular flexibility index (Phi) is 11.0. The summed E-state index contributed by atoms with van der Waals surface area (Å²) in [5.74, 6) is 0. The Hall–Kier alpha value is -10.5. The monoisotopic (exact) mass is 1100 g/mol. The lowest BCUT2D eigenvalue weighted by Crippen LogP contribution is -2.15. The molecule has 2 nitrogen and oxygen atoms in total. The Balaban J connectivity index is 0.603. The van der Waals surface area contributed by atoms with Crippen molar-refractivity contribution in [2.75, 3.05) is 0 Å². The number of aromatic nitrogens is 2. The molecule has 0 radical (unpaired) electrons. The van der Waals surface area contributed by atoms with Crippen LogP contribution >= 0.6 is 0 Å². The standard InChI is InChI=1S/C84H60N2/c1-83(2)75-49-61(57-30-26-54(27-31-57)23-22-53-24-28-56(29-25-53)59-37-44-81-73(47-59)71-18-10-12-20-79(71)85(81)65-16-6-5-7-17-65)33-40-67(75)69-42-35-63(51-77(69)83)64-36-43-70-68-41-34-62(50-76(68)84(3,4)78(70)52-64)60-38-45-82-74(48-60)72-19-11-13-21-80(72)86(82)66-39-32-55-14-8-9-15-58(55)46-66/h5-52H,1-4H3/b23-22+. The van der Waals surface area contributed by atoms with E-state index in [0.29, 0.717) is 0 Å². The van der Waals surface area contributed by atoms with Gasteiger partial charge in [0.05, 0.1) is 22.1 Å². The van der Waals surface area contributed by atoms with Crippen LogP contribution in [0.3, 0.4) is 0 Å². The number of hydrogen-bond donors (Lipinski definition) is 0. The van der Waals surface area contributed by atoms with E-state index < -0.39 is 0 Å². The molecule has 0 spiro atoms. The SMILES string of the molecule is CC1(C)c2cc(-c3ccc(/C=C/c4ccc(-c5ccc6c(c5)c5ccccc5n6-c5ccccc5)cc4)cc3)ccc2-c2ccc(-c3ccc4c(c3)C(C)(C)c3cc(-c5ccc6c(c5)c5ccccc5n6-c5ccc6ccccc6c5)ccc3-4)cc21. The zero-order valence-electron chi connectivity index (χ0n) is 48.6. The van der Waals surface area contributed by atoms with Gasteiger partial charge in [0.25, 0.3) is 0 Å². The van der Waals surface area contributed by atoms with Crippen LogP contribution < -0.4 is 0 Å². The maximum absolute atomic E-state index is 2.47. The lowest BCUT2D eigenvalue weighted by atomic mass is 9.79. The molecule has 406 valence electrons. The first-order valence-corrected chi connectivity index (χ1v) is 30.2. The summed E-state index contributed by atoms with van der Waals surface area (Å²) in [6.45, 7) is 9.61. The van der Waals surface area contributed by atoms with E-state index in [4.69, 9.17) is 0 Å². The molecular formula is C84H60N2. The molecule has 17 rings (SSSR count). The fourth-order valence-corrected chi connectivity index (χ4v) is 14.7. The summed E-state index contributed by atoms with van der Waals surface area (Å²) < 4.78 is 4.79. The summed E-state index contributed by atoms with van der Waals surface area (Å²) in [7, 11) is 0. The van der Waals surface area contributed by atoms with Crippen molar-refractivity contribution in [3.63, 3.8) is 0 Å². The highest BCUT2D eigenvalue weighted by Gasteiger charge is 2.38. The van der Waals surface area contributed by atoms with E-state index in [2.05, 4.69) is 328 Å². The molecule has 2 aliphatic rings. The second-order valence-corrected chi connectivity index (χ2v) is 24.9. The number of hydrogen-bond acceptors (Lipinski definition) is 0. The molecule has 0 aliphatic heterocycles. The highest BCUT2D eigenvalue weighted by Crippen LogP contribution is 2.54. The van der Waals surface area contributed by atoms with Gasteiger partial charge in [-0.15, -0.1) is 0 Å². The summed E-state index contributed by atoms with van der Waals surface area (Å²) in [6, 6.07) is 104. The minimum atomic E-state index is -0.178. The van der Waals surface area contributed by atoms with Crippen molar-refractivity contribution in [1.29, 1.82) is 0 Å². The Bertz CT molecular complexity index is 5310. The van der Waals surface area contributed by atoms with Gasteiger partial charge in [0.1, 0.15) is 0 Å². The quantitative estimate of drug-likeness (QED) is 0.134. The third-order valence-corrected chi connectivity index (χ3v) is 19.3. The van der Waals surface area contributed by atoms with Gasteiger partial charge < -0.3 is 9.13 Å². The first-order chi connectivity index (χ1) is 42.1. The third kappa shape index (κ3) is 7.79. The van der Waals surface area contributed by atoms with Crippen molar-refractivity contribution >= 4 is 66.5 Å². The number of benzene rings is 13. The van der Waals surface area contributed by atoms with Crippen molar-refractivity contribution in [3.05, 3.63) is 312 Å². The molecular weight excluding hydrogens is 1040 g/mol. The normalized spacial score (nSPS) is 13.7. The molecule has 15 aromatic rings. The topological polar surface area (TPSA) is 9.86 Å². The maximum Gasteiger partial charge on any atom is 0.0541 e. The van der Waals surface area contributed by atoms with Gasteiger partial charge in [0.15, 0.2) is 0 Å². The Morgan fingerprint density at radius 2 is 0.593 bits per heavy atom. The van der Waals surface area contributed by atoms with Crippen molar-refractivity contribution in [2.24, 2.45) is 0 Å². The summed E-state index contributed by atoms with van der Waals surface area (Å²) in [5, 5.41) is 7.56. The van der Waals surface area contributed by atoms with Crippen LogP contribution in [0, 0.1) is 0 Å². The van der Waals surface area contributed by atoms with E-state index in [9.17, 15) is 0 Å². The molecule has 2 aromatic heterocycles. The van der Waals surface area contributed by atoms with Crippen molar-refractivity contribution in [1.82, 2.24) is 9.13 Å². The number of para-hydroxylation sites is 3. The van der Waals surface area contributed by atoms with Crippen molar-refractivity contribution < 1.29 is 0 Å². The van der Waals surface area contributed by atoms with Gasteiger partial charge in [-0.05, 0) is 196 Å². The molecule has 2 aliphatic carbocycles. The first kappa shape index (κ1) is 50.0. The van der Waals surface area contributed by atoms with Gasteiger partial charge in [-0.2, -0.15) is 0 Å². The number of fused-ring (bicyclic) bond motifs is 13. The zero-order valence-corrected chi connectivity index (χ0v) is 48.6. The van der Waals surface area contributed by atoms with Crippen LogP contribution in [-0.4, -0.2) is 9.13 Å². The van der Waals surface area contributed by atoms with Gasteiger partial charge >= 0.3 is 0 Å². The van der Waals surface area contributed by atoms with E-state index in [0.717, 1.165) is 0 Å². The molecule has 0 bridgehead atoms. The lowest BCUT2D eigenvalue weighted by molar-refractivity contribution is 0.660. The first-order valence-electron chi connectivity index (χ1n) is 30.2. The smallest absolute Gasteiger partial charge is 0.0541 e. The van der Waals surface area contributed by atoms with E-state index >= 15 is 0 Å².